The number of hydrogen-bond acceptors (Lipinski definition) is 4. The van der Waals surface area contributed by atoms with Crippen molar-refractivity contribution in [3.8, 4) is 11.5 Å². The second-order valence-electron chi connectivity index (χ2n) is 5.61. The van der Waals surface area contributed by atoms with E-state index in [2.05, 4.69) is 24.4 Å². The predicted octanol–water partition coefficient (Wildman–Crippen LogP) is 3.17. The van der Waals surface area contributed by atoms with Gasteiger partial charge in [0, 0.05) is 12.6 Å². The standard InChI is InChI=1S/C17H27NO3/c1-5-21-14-8-12(9-14)10-15(18-2)13-6-7-16(19-3)17(11-13)20-4/h6-7,11-12,14-15,18H,5,8-10H2,1-4H3. The zero-order valence-electron chi connectivity index (χ0n) is 13.5. The molecule has 0 radical (unpaired) electrons. The third-order valence-corrected chi connectivity index (χ3v) is 4.32. The maximum Gasteiger partial charge on any atom is 0.161 e. The highest BCUT2D eigenvalue weighted by Gasteiger charge is 2.31. The molecule has 1 saturated carbocycles. The molecule has 4 nitrogen and oxygen atoms in total. The second-order valence-corrected chi connectivity index (χ2v) is 5.61. The largest absolute Gasteiger partial charge is 0.493 e. The number of rotatable bonds is 8. The molecule has 1 aliphatic carbocycles. The smallest absolute Gasteiger partial charge is 0.161 e. The first-order valence-electron chi connectivity index (χ1n) is 7.72. The molecule has 1 atom stereocenters. The van der Waals surface area contributed by atoms with Crippen LogP contribution in [0.5, 0.6) is 11.5 Å². The van der Waals surface area contributed by atoms with Crippen molar-refractivity contribution in [1.82, 2.24) is 5.32 Å². The maximum absolute atomic E-state index is 5.64. The van der Waals surface area contributed by atoms with E-state index in [-0.39, 0.29) is 0 Å². The Morgan fingerprint density at radius 2 is 1.90 bits per heavy atom. The first-order chi connectivity index (χ1) is 10.2. The van der Waals surface area contributed by atoms with Gasteiger partial charge in [-0.15, -0.1) is 0 Å². The average molecular weight is 293 g/mol. The van der Waals surface area contributed by atoms with E-state index in [1.165, 1.54) is 18.4 Å². The van der Waals surface area contributed by atoms with Crippen LogP contribution in [0.15, 0.2) is 18.2 Å². The Balaban J connectivity index is 1.98. The third-order valence-electron chi connectivity index (χ3n) is 4.32. The van der Waals surface area contributed by atoms with Crippen molar-refractivity contribution in [1.29, 1.82) is 0 Å². The van der Waals surface area contributed by atoms with Crippen molar-refractivity contribution in [2.45, 2.75) is 38.3 Å². The van der Waals surface area contributed by atoms with E-state index in [0.29, 0.717) is 12.1 Å². The lowest BCUT2D eigenvalue weighted by atomic mass is 9.77. The normalized spacial score (nSPS) is 22.5. The fourth-order valence-corrected chi connectivity index (χ4v) is 3.06. The van der Waals surface area contributed by atoms with Crippen LogP contribution in [0, 0.1) is 5.92 Å². The summed E-state index contributed by atoms with van der Waals surface area (Å²) in [6, 6.07) is 6.50. The summed E-state index contributed by atoms with van der Waals surface area (Å²) in [4.78, 5) is 0. The molecule has 118 valence electrons. The summed E-state index contributed by atoms with van der Waals surface area (Å²) >= 11 is 0. The summed E-state index contributed by atoms with van der Waals surface area (Å²) in [6.07, 6.45) is 3.97. The van der Waals surface area contributed by atoms with Crippen LogP contribution in [0.2, 0.25) is 0 Å². The molecule has 1 aromatic carbocycles. The summed E-state index contributed by atoms with van der Waals surface area (Å²) in [6.45, 7) is 2.88. The molecule has 1 fully saturated rings. The number of hydrogen-bond donors (Lipinski definition) is 1. The van der Waals surface area contributed by atoms with Crippen molar-refractivity contribution >= 4 is 0 Å². The van der Waals surface area contributed by atoms with Gasteiger partial charge in [0.15, 0.2) is 11.5 Å². The maximum atomic E-state index is 5.64. The van der Waals surface area contributed by atoms with Crippen LogP contribution in [-0.4, -0.2) is 34.0 Å². The molecule has 1 N–H and O–H groups in total. The molecule has 1 unspecified atom stereocenters. The zero-order chi connectivity index (χ0) is 15.2. The lowest BCUT2D eigenvalue weighted by Gasteiger charge is -2.37. The van der Waals surface area contributed by atoms with Gasteiger partial charge in [-0.3, -0.25) is 0 Å². The van der Waals surface area contributed by atoms with Crippen molar-refractivity contribution in [2.24, 2.45) is 5.92 Å². The highest BCUT2D eigenvalue weighted by atomic mass is 16.5. The Morgan fingerprint density at radius 3 is 2.48 bits per heavy atom. The molecule has 1 aliphatic rings. The van der Waals surface area contributed by atoms with Crippen LogP contribution in [0.1, 0.15) is 37.8 Å². The molecule has 0 saturated heterocycles. The van der Waals surface area contributed by atoms with E-state index < -0.39 is 0 Å². The molecule has 0 heterocycles. The van der Waals surface area contributed by atoms with Gasteiger partial charge >= 0.3 is 0 Å². The van der Waals surface area contributed by atoms with Gasteiger partial charge in [0.25, 0.3) is 0 Å². The highest BCUT2D eigenvalue weighted by Crippen LogP contribution is 2.38. The van der Waals surface area contributed by atoms with E-state index in [1.807, 2.05) is 13.1 Å². The Kier molecular flexibility index (Phi) is 5.88. The van der Waals surface area contributed by atoms with Gasteiger partial charge in [-0.05, 0) is 56.8 Å². The van der Waals surface area contributed by atoms with Crippen LogP contribution in [-0.2, 0) is 4.74 Å². The average Bonchev–Trinajstić information content (AvgIpc) is 2.48. The quantitative estimate of drug-likeness (QED) is 0.799. The summed E-state index contributed by atoms with van der Waals surface area (Å²) < 4.78 is 16.3. The molecule has 21 heavy (non-hydrogen) atoms. The van der Waals surface area contributed by atoms with Gasteiger partial charge < -0.3 is 19.5 Å². The monoisotopic (exact) mass is 293 g/mol. The minimum Gasteiger partial charge on any atom is -0.493 e. The van der Waals surface area contributed by atoms with Gasteiger partial charge in [-0.2, -0.15) is 0 Å². The second kappa shape index (κ2) is 7.66. The Morgan fingerprint density at radius 1 is 1.19 bits per heavy atom. The van der Waals surface area contributed by atoms with Crippen LogP contribution in [0.25, 0.3) is 0 Å². The van der Waals surface area contributed by atoms with E-state index in [1.54, 1.807) is 14.2 Å². The lowest BCUT2D eigenvalue weighted by Crippen LogP contribution is -2.34. The highest BCUT2D eigenvalue weighted by molar-refractivity contribution is 5.43. The van der Waals surface area contributed by atoms with E-state index in [4.69, 9.17) is 14.2 Å². The molecular formula is C17H27NO3. The van der Waals surface area contributed by atoms with Crippen LogP contribution >= 0.6 is 0 Å². The third kappa shape index (κ3) is 3.89. The number of ether oxygens (including phenoxy) is 3. The van der Waals surface area contributed by atoms with E-state index in [0.717, 1.165) is 30.4 Å². The first kappa shape index (κ1) is 16.1. The van der Waals surface area contributed by atoms with Gasteiger partial charge in [-0.1, -0.05) is 6.07 Å². The zero-order valence-corrected chi connectivity index (χ0v) is 13.5. The Bertz CT molecular complexity index is 444. The molecule has 0 amide bonds. The number of methoxy groups -OCH3 is 2. The summed E-state index contributed by atoms with van der Waals surface area (Å²) in [5, 5.41) is 3.42. The topological polar surface area (TPSA) is 39.7 Å². The SMILES string of the molecule is CCOC1CC(CC(NC)c2ccc(OC)c(OC)c2)C1. The fourth-order valence-electron chi connectivity index (χ4n) is 3.06. The minimum absolute atomic E-state index is 0.345. The summed E-state index contributed by atoms with van der Waals surface area (Å²) in [5.41, 5.74) is 1.25. The summed E-state index contributed by atoms with van der Waals surface area (Å²) in [5.74, 6) is 2.30. The fraction of sp³-hybridized carbons (Fsp3) is 0.647. The van der Waals surface area contributed by atoms with Crippen molar-refractivity contribution < 1.29 is 14.2 Å². The van der Waals surface area contributed by atoms with Gasteiger partial charge in [0.05, 0.1) is 20.3 Å². The van der Waals surface area contributed by atoms with E-state index >= 15 is 0 Å². The van der Waals surface area contributed by atoms with Crippen molar-refractivity contribution in [2.75, 3.05) is 27.9 Å². The van der Waals surface area contributed by atoms with Crippen LogP contribution in [0.3, 0.4) is 0 Å². The van der Waals surface area contributed by atoms with E-state index in [9.17, 15) is 0 Å². The Hall–Kier alpha value is -1.26. The molecule has 0 aliphatic heterocycles. The molecule has 0 aromatic heterocycles. The predicted molar refractivity (Wildman–Crippen MR) is 84.1 cm³/mol. The van der Waals surface area contributed by atoms with Crippen LogP contribution in [0.4, 0.5) is 0 Å². The lowest BCUT2D eigenvalue weighted by molar-refractivity contribution is -0.0289. The molecule has 4 heteroatoms. The van der Waals surface area contributed by atoms with Gasteiger partial charge in [0.2, 0.25) is 0 Å². The molecule has 0 spiro atoms. The number of nitrogens with one attached hydrogen (secondary N) is 1. The van der Waals surface area contributed by atoms with Crippen molar-refractivity contribution in [3.63, 3.8) is 0 Å². The molecular weight excluding hydrogens is 266 g/mol. The van der Waals surface area contributed by atoms with Gasteiger partial charge in [-0.25, -0.2) is 0 Å². The van der Waals surface area contributed by atoms with Gasteiger partial charge in [0.1, 0.15) is 0 Å². The van der Waals surface area contributed by atoms with Crippen molar-refractivity contribution in [3.05, 3.63) is 23.8 Å². The first-order valence-corrected chi connectivity index (χ1v) is 7.72. The molecule has 2 rings (SSSR count). The molecule has 1 aromatic rings. The van der Waals surface area contributed by atoms with Crippen LogP contribution < -0.4 is 14.8 Å². The number of benzene rings is 1. The minimum atomic E-state index is 0.345. The summed E-state index contributed by atoms with van der Waals surface area (Å²) in [7, 11) is 5.35. The molecule has 0 bridgehead atoms. The Labute approximate surface area is 127 Å².